The van der Waals surface area contributed by atoms with Crippen LogP contribution in [-0.4, -0.2) is 38.3 Å². The first-order valence-electron chi connectivity index (χ1n) is 6.65. The van der Waals surface area contributed by atoms with Gasteiger partial charge in [-0.2, -0.15) is 0 Å². The highest BCUT2D eigenvalue weighted by molar-refractivity contribution is 5.96. The van der Waals surface area contributed by atoms with Crippen LogP contribution in [-0.2, 0) is 14.3 Å². The number of hydrogen-bond donors (Lipinski definition) is 1. The lowest BCUT2D eigenvalue weighted by molar-refractivity contribution is -0.278. The maximum Gasteiger partial charge on any atom is 0.420 e. The summed E-state index contributed by atoms with van der Waals surface area (Å²) < 4.78 is 10.1. The van der Waals surface area contributed by atoms with Gasteiger partial charge in [0.05, 0.1) is 13.2 Å². The van der Waals surface area contributed by atoms with Gasteiger partial charge < -0.3 is 20.1 Å². The van der Waals surface area contributed by atoms with Gasteiger partial charge in [0.2, 0.25) is 0 Å². The molecule has 21 heavy (non-hydrogen) atoms. The van der Waals surface area contributed by atoms with E-state index in [1.54, 1.807) is 17.0 Å². The minimum atomic E-state index is -0.417. The van der Waals surface area contributed by atoms with E-state index in [9.17, 15) is 9.59 Å². The Bertz CT molecular complexity index is 597. The molecule has 0 aromatic heterocycles. The molecular formula is C14H16N3O4+. The van der Waals surface area contributed by atoms with Crippen LogP contribution >= 0.6 is 0 Å². The zero-order valence-corrected chi connectivity index (χ0v) is 11.4. The number of anilines is 2. The Morgan fingerprint density at radius 1 is 1.10 bits per heavy atom. The molecular weight excluding hydrogens is 274 g/mol. The summed E-state index contributed by atoms with van der Waals surface area (Å²) in [6, 6.07) is 7.23. The molecule has 0 atom stereocenters. The van der Waals surface area contributed by atoms with Gasteiger partial charge in [0.15, 0.2) is 5.76 Å². The van der Waals surface area contributed by atoms with Crippen molar-refractivity contribution in [3.05, 3.63) is 36.2 Å². The van der Waals surface area contributed by atoms with Crippen molar-refractivity contribution in [3.8, 4) is 0 Å². The molecule has 0 spiro atoms. The van der Waals surface area contributed by atoms with Crippen LogP contribution in [0.5, 0.6) is 0 Å². The number of amides is 2. The standard InChI is InChI=1S/C14H15N3O4/c15-7-12-8-17(14(19)21-12)11-3-1-10(2-4-11)16-5-6-20-9-13(16)18/h1-4,7H,5-6,8-9,15H2/p+1/b12-7-. The Labute approximate surface area is 121 Å². The molecule has 2 saturated heterocycles. The summed E-state index contributed by atoms with van der Waals surface area (Å²) in [6.07, 6.45) is 1.11. The van der Waals surface area contributed by atoms with Crippen molar-refractivity contribution < 1.29 is 24.8 Å². The van der Waals surface area contributed by atoms with Crippen molar-refractivity contribution in [3.63, 3.8) is 0 Å². The maximum atomic E-state index is 11.8. The number of rotatable bonds is 2. The van der Waals surface area contributed by atoms with Gasteiger partial charge in [0.25, 0.3) is 5.91 Å². The van der Waals surface area contributed by atoms with Gasteiger partial charge in [-0.05, 0) is 24.3 Å². The molecule has 2 fully saturated rings. The maximum absolute atomic E-state index is 11.8. The predicted octanol–water partition coefficient (Wildman–Crippen LogP) is 0.0897. The molecule has 1 aromatic carbocycles. The van der Waals surface area contributed by atoms with Crippen LogP contribution in [0.2, 0.25) is 0 Å². The molecule has 2 aliphatic heterocycles. The molecule has 0 radical (unpaired) electrons. The average molecular weight is 290 g/mol. The second-order valence-electron chi connectivity index (χ2n) is 4.74. The first kappa shape index (κ1) is 13.6. The largest absolute Gasteiger partial charge is 0.420 e. The van der Waals surface area contributed by atoms with Crippen molar-refractivity contribution >= 4 is 23.4 Å². The van der Waals surface area contributed by atoms with E-state index in [4.69, 9.17) is 9.47 Å². The van der Waals surface area contributed by atoms with Crippen LogP contribution < -0.4 is 15.5 Å². The lowest BCUT2D eigenvalue weighted by Gasteiger charge is -2.27. The Balaban J connectivity index is 1.78. The summed E-state index contributed by atoms with van der Waals surface area (Å²) in [7, 11) is 0. The van der Waals surface area contributed by atoms with Gasteiger partial charge >= 0.3 is 6.09 Å². The molecule has 0 bridgehead atoms. The zero-order chi connectivity index (χ0) is 14.8. The molecule has 3 N–H and O–H groups in total. The summed E-state index contributed by atoms with van der Waals surface area (Å²) >= 11 is 0. The van der Waals surface area contributed by atoms with Gasteiger partial charge in [-0.15, -0.1) is 0 Å². The minimum absolute atomic E-state index is 0.0585. The van der Waals surface area contributed by atoms with Gasteiger partial charge in [-0.3, -0.25) is 9.69 Å². The van der Waals surface area contributed by atoms with E-state index in [0.29, 0.717) is 25.5 Å². The topological polar surface area (TPSA) is 86.7 Å². The number of morpholine rings is 1. The number of carbonyl (C=O) groups is 2. The lowest BCUT2D eigenvalue weighted by atomic mass is 10.2. The van der Waals surface area contributed by atoms with Crippen LogP contribution in [0.15, 0.2) is 36.2 Å². The molecule has 3 rings (SSSR count). The van der Waals surface area contributed by atoms with E-state index in [-0.39, 0.29) is 12.5 Å². The summed E-state index contributed by atoms with van der Waals surface area (Å²) in [6.45, 7) is 1.55. The van der Waals surface area contributed by atoms with E-state index in [2.05, 4.69) is 5.73 Å². The predicted molar refractivity (Wildman–Crippen MR) is 74.4 cm³/mol. The molecule has 1 aromatic rings. The van der Waals surface area contributed by atoms with Crippen molar-refractivity contribution in [1.82, 2.24) is 0 Å². The molecule has 2 amide bonds. The summed E-state index contributed by atoms with van der Waals surface area (Å²) in [5.41, 5.74) is 5.11. The van der Waals surface area contributed by atoms with Crippen molar-refractivity contribution in [2.45, 2.75) is 0 Å². The van der Waals surface area contributed by atoms with E-state index >= 15 is 0 Å². The highest BCUT2D eigenvalue weighted by Crippen LogP contribution is 2.26. The SMILES string of the molecule is [NH3+]/C=C1/CN(c2ccc(N3CCOCC3=O)cc2)C(=O)O1. The lowest BCUT2D eigenvalue weighted by Crippen LogP contribution is -2.41. The quantitative estimate of drug-likeness (QED) is 0.836. The van der Waals surface area contributed by atoms with Crippen LogP contribution in [0, 0.1) is 0 Å². The molecule has 0 saturated carbocycles. The second kappa shape index (κ2) is 5.55. The van der Waals surface area contributed by atoms with Crippen LogP contribution in [0.3, 0.4) is 0 Å². The zero-order valence-electron chi connectivity index (χ0n) is 11.4. The van der Waals surface area contributed by atoms with Crippen molar-refractivity contribution in [2.24, 2.45) is 0 Å². The fourth-order valence-electron chi connectivity index (χ4n) is 2.33. The third kappa shape index (κ3) is 2.61. The van der Waals surface area contributed by atoms with Gasteiger partial charge in [0, 0.05) is 17.9 Å². The number of nitrogens with zero attached hydrogens (tertiary/aromatic N) is 2. The average Bonchev–Trinajstić information content (AvgIpc) is 2.89. The normalized spacial score (nSPS) is 21.1. The third-order valence-corrected chi connectivity index (χ3v) is 3.44. The number of hydrogen-bond acceptors (Lipinski definition) is 4. The number of cyclic esters (lactones) is 1. The first-order valence-corrected chi connectivity index (χ1v) is 6.65. The molecule has 110 valence electrons. The molecule has 0 unspecified atom stereocenters. The molecule has 7 nitrogen and oxygen atoms in total. The van der Waals surface area contributed by atoms with Crippen LogP contribution in [0.1, 0.15) is 0 Å². The van der Waals surface area contributed by atoms with Crippen molar-refractivity contribution in [1.29, 1.82) is 0 Å². The van der Waals surface area contributed by atoms with E-state index in [1.165, 1.54) is 11.1 Å². The van der Waals surface area contributed by atoms with Gasteiger partial charge in [0.1, 0.15) is 12.8 Å². The summed E-state index contributed by atoms with van der Waals surface area (Å²) in [5.74, 6) is 0.476. The number of carbonyl (C=O) groups excluding carboxylic acids is 2. The van der Waals surface area contributed by atoms with Gasteiger partial charge in [-0.25, -0.2) is 4.79 Å². The highest BCUT2D eigenvalue weighted by atomic mass is 16.6. The van der Waals surface area contributed by atoms with Gasteiger partial charge in [-0.1, -0.05) is 0 Å². The summed E-state index contributed by atoms with van der Waals surface area (Å²) in [4.78, 5) is 26.7. The minimum Gasteiger partial charge on any atom is -0.407 e. The monoisotopic (exact) mass is 290 g/mol. The van der Waals surface area contributed by atoms with E-state index < -0.39 is 6.09 Å². The smallest absolute Gasteiger partial charge is 0.407 e. The Morgan fingerprint density at radius 2 is 1.76 bits per heavy atom. The molecule has 0 aliphatic carbocycles. The molecule has 2 aliphatic rings. The number of quaternary nitrogens is 1. The van der Waals surface area contributed by atoms with Crippen LogP contribution in [0.25, 0.3) is 0 Å². The van der Waals surface area contributed by atoms with E-state index in [1.807, 2.05) is 12.1 Å². The van der Waals surface area contributed by atoms with E-state index in [0.717, 1.165) is 11.4 Å². The Kier molecular flexibility index (Phi) is 3.59. The third-order valence-electron chi connectivity index (χ3n) is 3.44. The fraction of sp³-hybridized carbons (Fsp3) is 0.286. The number of benzene rings is 1. The fourth-order valence-corrected chi connectivity index (χ4v) is 2.33. The molecule has 2 heterocycles. The highest BCUT2D eigenvalue weighted by Gasteiger charge is 2.29. The Morgan fingerprint density at radius 3 is 2.33 bits per heavy atom. The number of ether oxygens (including phenoxy) is 2. The summed E-state index contributed by atoms with van der Waals surface area (Å²) in [5, 5.41) is 0. The van der Waals surface area contributed by atoms with Crippen molar-refractivity contribution in [2.75, 3.05) is 36.1 Å². The van der Waals surface area contributed by atoms with Crippen LogP contribution in [0.4, 0.5) is 16.2 Å². The second-order valence-corrected chi connectivity index (χ2v) is 4.74. The molecule has 7 heteroatoms. The Hall–Kier alpha value is -2.38. The first-order chi connectivity index (χ1) is 10.2.